The van der Waals surface area contributed by atoms with E-state index in [1.54, 1.807) is 0 Å². The first-order valence-electron chi connectivity index (χ1n) is 4.11. The van der Waals surface area contributed by atoms with Gasteiger partial charge >= 0.3 is 8.25 Å². The maximum atomic E-state index is 10.7. The van der Waals surface area contributed by atoms with E-state index in [1.807, 2.05) is 6.92 Å². The third-order valence-corrected chi connectivity index (χ3v) is 3.33. The van der Waals surface area contributed by atoms with Crippen LogP contribution in [0, 0.1) is 0 Å². The van der Waals surface area contributed by atoms with Crippen LogP contribution in [0.2, 0.25) is 0 Å². The smallest absolute Gasteiger partial charge is 0.133 e. The first kappa shape index (κ1) is 14.7. The van der Waals surface area contributed by atoms with E-state index in [9.17, 15) is 4.57 Å². The van der Waals surface area contributed by atoms with Crippen LogP contribution in [0.3, 0.4) is 0 Å². The van der Waals surface area contributed by atoms with Crippen molar-refractivity contribution in [2.75, 3.05) is 10.7 Å². The van der Waals surface area contributed by atoms with Crippen molar-refractivity contribution in [3.05, 3.63) is 12.2 Å². The largest absolute Gasteiger partial charge is 0.695 e. The van der Waals surface area contributed by atoms with Gasteiger partial charge in [0, 0.05) is 15.2 Å². The molecule has 0 rings (SSSR count). The van der Waals surface area contributed by atoms with Crippen molar-refractivity contribution in [3.63, 3.8) is 0 Å². The Morgan fingerprint density at radius 3 is 2.14 bits per heavy atom. The van der Waals surface area contributed by atoms with Gasteiger partial charge in [0.1, 0.15) is 5.60 Å². The molecule has 0 spiro atoms. The van der Waals surface area contributed by atoms with Gasteiger partial charge in [0.25, 0.3) is 0 Å². The summed E-state index contributed by atoms with van der Waals surface area (Å²) in [4.78, 5) is 8.81. The molecule has 0 saturated heterocycles. The third kappa shape index (κ3) is 4.49. The molecule has 0 aliphatic heterocycles. The van der Waals surface area contributed by atoms with Gasteiger partial charge in [-0.25, -0.2) is 0 Å². The molecular formula is C8H14Br2O3P+. The maximum absolute atomic E-state index is 10.7. The van der Waals surface area contributed by atoms with Crippen molar-refractivity contribution in [1.29, 1.82) is 0 Å². The quantitative estimate of drug-likeness (QED) is 0.435. The fraction of sp³-hybridized carbons (Fsp3) is 0.750. The first-order chi connectivity index (χ1) is 6.48. The second kappa shape index (κ2) is 7.07. The molecule has 0 saturated carbocycles. The van der Waals surface area contributed by atoms with Gasteiger partial charge in [-0.1, -0.05) is 38.4 Å². The molecule has 1 atom stereocenters. The van der Waals surface area contributed by atoms with Gasteiger partial charge < -0.3 is 0 Å². The summed E-state index contributed by atoms with van der Waals surface area (Å²) in [5, 5.41) is 1.41. The molecule has 0 aromatic carbocycles. The summed E-state index contributed by atoms with van der Waals surface area (Å²) in [5.74, 6) is 0. The summed E-state index contributed by atoms with van der Waals surface area (Å²) in [6.07, 6.45) is 1.27. The lowest BCUT2D eigenvalue weighted by Crippen LogP contribution is -2.32. The van der Waals surface area contributed by atoms with Crippen LogP contribution >= 0.6 is 40.1 Å². The molecule has 0 radical (unpaired) electrons. The number of alkyl halides is 2. The van der Waals surface area contributed by atoms with Gasteiger partial charge in [-0.2, -0.15) is 0 Å². The van der Waals surface area contributed by atoms with Crippen LogP contribution in [0.15, 0.2) is 12.2 Å². The Morgan fingerprint density at radius 1 is 1.50 bits per heavy atom. The molecule has 82 valence electrons. The Balaban J connectivity index is 4.73. The van der Waals surface area contributed by atoms with E-state index >= 15 is 0 Å². The molecule has 0 aromatic rings. The van der Waals surface area contributed by atoms with E-state index in [2.05, 4.69) is 38.4 Å². The van der Waals surface area contributed by atoms with Crippen LogP contribution in [-0.4, -0.2) is 21.2 Å². The van der Waals surface area contributed by atoms with Crippen molar-refractivity contribution in [2.45, 2.75) is 25.4 Å². The van der Waals surface area contributed by atoms with Crippen molar-refractivity contribution in [2.24, 2.45) is 0 Å². The Bertz CT molecular complexity index is 215. The van der Waals surface area contributed by atoms with Crippen molar-refractivity contribution >= 4 is 40.1 Å². The van der Waals surface area contributed by atoms with E-state index in [1.165, 1.54) is 0 Å². The summed E-state index contributed by atoms with van der Waals surface area (Å²) in [6.45, 7) is 5.62. The van der Waals surface area contributed by atoms with Crippen LogP contribution < -0.4 is 0 Å². The zero-order valence-electron chi connectivity index (χ0n) is 8.00. The average molecular weight is 349 g/mol. The molecule has 1 unspecified atom stereocenters. The summed E-state index contributed by atoms with van der Waals surface area (Å²) < 4.78 is 15.8. The monoisotopic (exact) mass is 347 g/mol. The van der Waals surface area contributed by atoms with Gasteiger partial charge in [-0.3, -0.25) is 0 Å². The van der Waals surface area contributed by atoms with Crippen molar-refractivity contribution in [1.82, 2.24) is 0 Å². The van der Waals surface area contributed by atoms with Gasteiger partial charge in [0.05, 0.1) is 0 Å². The number of hydrogen-bond donors (Lipinski definition) is 1. The molecule has 0 fully saturated rings. The molecule has 1 N–H and O–H groups in total. The van der Waals surface area contributed by atoms with E-state index in [4.69, 9.17) is 9.42 Å². The van der Waals surface area contributed by atoms with Gasteiger partial charge in [0.15, 0.2) is 0 Å². The predicted octanol–water partition coefficient (Wildman–Crippen LogP) is 3.54. The second-order valence-electron chi connectivity index (χ2n) is 2.98. The maximum Gasteiger partial charge on any atom is 0.695 e. The molecular weight excluding hydrogens is 335 g/mol. The van der Waals surface area contributed by atoms with Crippen LogP contribution in [0.25, 0.3) is 0 Å². The average Bonchev–Trinajstić information content (AvgIpc) is 2.03. The number of halogens is 2. The van der Waals surface area contributed by atoms with E-state index in [0.29, 0.717) is 23.5 Å². The third-order valence-electron chi connectivity index (χ3n) is 2.03. The normalized spacial score (nSPS) is 12.7. The first-order valence-corrected chi connectivity index (χ1v) is 7.49. The minimum Gasteiger partial charge on any atom is -0.133 e. The summed E-state index contributed by atoms with van der Waals surface area (Å²) in [6, 6.07) is 0. The summed E-state index contributed by atoms with van der Waals surface area (Å²) in [7, 11) is -2.60. The highest BCUT2D eigenvalue weighted by Gasteiger charge is 2.40. The van der Waals surface area contributed by atoms with Crippen LogP contribution in [0.4, 0.5) is 0 Å². The summed E-state index contributed by atoms with van der Waals surface area (Å²) in [5.41, 5.74) is 0.0728. The molecule has 0 bridgehead atoms. The lowest BCUT2D eigenvalue weighted by atomic mass is 9.90. The topological polar surface area (TPSA) is 46.5 Å². The number of rotatable bonds is 7. The molecule has 0 amide bonds. The molecule has 3 nitrogen and oxygen atoms in total. The lowest BCUT2D eigenvalue weighted by Gasteiger charge is -2.26. The number of hydrogen-bond acceptors (Lipinski definition) is 2. The molecule has 14 heavy (non-hydrogen) atoms. The van der Waals surface area contributed by atoms with Crippen LogP contribution in [0.1, 0.15) is 19.8 Å². The molecule has 6 heteroatoms. The van der Waals surface area contributed by atoms with Gasteiger partial charge in [0.2, 0.25) is 0 Å². The highest BCUT2D eigenvalue weighted by molar-refractivity contribution is 9.09. The Kier molecular flexibility index (Phi) is 7.43. The van der Waals surface area contributed by atoms with Crippen molar-refractivity contribution < 1.29 is 14.0 Å². The minimum absolute atomic E-state index is 0.634. The lowest BCUT2D eigenvalue weighted by molar-refractivity contribution is 0.0964. The fourth-order valence-electron chi connectivity index (χ4n) is 1.18. The standard InChI is InChI=1S/C8H13Br2O3P/c1-7(2)8(3-5-9,4-6-10)13-14(11)12/h1,3-6H2,2H3/p+1. The molecule has 0 aliphatic carbocycles. The molecule has 0 aromatic heterocycles. The highest BCUT2D eigenvalue weighted by atomic mass is 79.9. The Hall–Kier alpha value is 0.720. The fourth-order valence-corrected chi connectivity index (χ4v) is 3.09. The van der Waals surface area contributed by atoms with E-state index in [0.717, 1.165) is 5.57 Å². The van der Waals surface area contributed by atoms with Crippen molar-refractivity contribution in [3.8, 4) is 0 Å². The predicted molar refractivity (Wildman–Crippen MR) is 65.3 cm³/mol. The van der Waals surface area contributed by atoms with Gasteiger partial charge in [-0.05, 0) is 25.3 Å². The van der Waals surface area contributed by atoms with Gasteiger partial charge in [-0.15, -0.1) is 9.42 Å². The zero-order valence-corrected chi connectivity index (χ0v) is 12.1. The highest BCUT2D eigenvalue weighted by Crippen LogP contribution is 2.37. The second-order valence-corrected chi connectivity index (χ2v) is 5.23. The van der Waals surface area contributed by atoms with Crippen LogP contribution in [0.5, 0.6) is 0 Å². The molecule has 0 heterocycles. The SMILES string of the molecule is C=C(C)C(CCBr)(CCBr)O[P+](=O)O. The summed E-state index contributed by atoms with van der Waals surface area (Å²) >= 11 is 6.60. The Labute approximate surface area is 102 Å². The zero-order chi connectivity index (χ0) is 11.2. The van der Waals surface area contributed by atoms with E-state index < -0.39 is 13.9 Å². The minimum atomic E-state index is -2.60. The Morgan fingerprint density at radius 2 is 1.93 bits per heavy atom. The molecule has 0 aliphatic rings. The van der Waals surface area contributed by atoms with Crippen LogP contribution in [-0.2, 0) is 9.09 Å². The van der Waals surface area contributed by atoms with E-state index in [-0.39, 0.29) is 0 Å².